The number of amides is 3. The summed E-state index contributed by atoms with van der Waals surface area (Å²) in [6.07, 6.45) is -1.50. The lowest BCUT2D eigenvalue weighted by Crippen LogP contribution is -2.43. The number of rotatable bonds is 5. The predicted molar refractivity (Wildman–Crippen MR) is 122 cm³/mol. The monoisotopic (exact) mass is 459 g/mol. The average molecular weight is 459 g/mol. The number of hydrazine groups is 1. The maximum Gasteiger partial charge on any atom is 0.425 e. The summed E-state index contributed by atoms with van der Waals surface area (Å²) in [5, 5.41) is 13.5. The van der Waals surface area contributed by atoms with Gasteiger partial charge in [-0.1, -0.05) is 60.7 Å². The summed E-state index contributed by atoms with van der Waals surface area (Å²) >= 11 is 0. The Hall–Kier alpha value is -4.99. The van der Waals surface area contributed by atoms with E-state index in [1.54, 1.807) is 66.7 Å². The highest BCUT2D eigenvalue weighted by Gasteiger charge is 2.28. The molecule has 4 N–H and O–H groups in total. The van der Waals surface area contributed by atoms with Gasteiger partial charge in [0.1, 0.15) is 11.5 Å². The smallest absolute Gasteiger partial charge is 0.425 e. The number of carboxylic acid groups (broad SMARTS) is 1. The lowest BCUT2D eigenvalue weighted by molar-refractivity contribution is 0.0842. The van der Waals surface area contributed by atoms with Gasteiger partial charge in [-0.2, -0.15) is 9.89 Å². The fourth-order valence-corrected chi connectivity index (χ4v) is 3.35. The Morgan fingerprint density at radius 1 is 0.794 bits per heavy atom. The van der Waals surface area contributed by atoms with E-state index in [1.165, 1.54) is 18.2 Å². The second kappa shape index (κ2) is 9.65. The Balaban J connectivity index is 1.81. The van der Waals surface area contributed by atoms with Crippen LogP contribution in [0.5, 0.6) is 0 Å². The highest BCUT2D eigenvalue weighted by Crippen LogP contribution is 2.35. The zero-order chi connectivity index (χ0) is 24.1. The van der Waals surface area contributed by atoms with Gasteiger partial charge in [0.25, 0.3) is 11.8 Å². The van der Waals surface area contributed by atoms with E-state index < -0.39 is 23.7 Å². The number of nitrogens with zero attached hydrogens (tertiary/aromatic N) is 2. The number of benzene rings is 3. The van der Waals surface area contributed by atoms with Crippen molar-refractivity contribution < 1.29 is 23.9 Å². The van der Waals surface area contributed by atoms with E-state index >= 15 is 0 Å². The van der Waals surface area contributed by atoms with Crippen molar-refractivity contribution >= 4 is 17.9 Å². The van der Waals surface area contributed by atoms with Crippen molar-refractivity contribution in [3.05, 3.63) is 102 Å². The van der Waals surface area contributed by atoms with Crippen LogP contribution in [0.15, 0.2) is 84.9 Å². The van der Waals surface area contributed by atoms with Crippen LogP contribution in [0.1, 0.15) is 20.8 Å². The summed E-state index contributed by atoms with van der Waals surface area (Å²) in [5.41, 5.74) is 7.39. The molecule has 0 aliphatic rings. The zero-order valence-electron chi connectivity index (χ0n) is 17.5. The van der Waals surface area contributed by atoms with Crippen LogP contribution in [0.3, 0.4) is 0 Å². The van der Waals surface area contributed by atoms with Crippen LogP contribution >= 0.6 is 0 Å². The highest BCUT2D eigenvalue weighted by molar-refractivity contribution is 6.05. The number of hydrogen-bond donors (Lipinski definition) is 4. The van der Waals surface area contributed by atoms with E-state index in [-0.39, 0.29) is 22.5 Å². The summed E-state index contributed by atoms with van der Waals surface area (Å²) in [4.78, 5) is 37.7. The van der Waals surface area contributed by atoms with Crippen LogP contribution in [0.2, 0.25) is 0 Å². The second-order valence-corrected chi connectivity index (χ2v) is 7.02. The zero-order valence-corrected chi connectivity index (χ0v) is 17.5. The van der Waals surface area contributed by atoms with E-state index in [9.17, 15) is 23.9 Å². The number of hydrogen-bond acceptors (Lipinski definition) is 4. The molecule has 1 heterocycles. The first-order valence-electron chi connectivity index (χ1n) is 10.0. The van der Waals surface area contributed by atoms with Crippen LogP contribution in [0.25, 0.3) is 22.4 Å². The molecule has 34 heavy (non-hydrogen) atoms. The van der Waals surface area contributed by atoms with E-state index in [2.05, 4.69) is 16.0 Å². The minimum atomic E-state index is -1.50. The van der Waals surface area contributed by atoms with Crippen molar-refractivity contribution in [1.82, 2.24) is 20.7 Å². The lowest BCUT2D eigenvalue weighted by atomic mass is 9.98. The number of nitrogens with one attached hydrogen (secondary N) is 3. The number of carbonyl (C=O) groups excluding carboxylic acids is 2. The Morgan fingerprint density at radius 3 is 2.03 bits per heavy atom. The number of carbonyl (C=O) groups is 3. The largest absolute Gasteiger partial charge is 0.464 e. The average Bonchev–Trinajstić information content (AvgIpc) is 3.21. The number of halogens is 1. The highest BCUT2D eigenvalue weighted by atomic mass is 19.1. The van der Waals surface area contributed by atoms with Crippen molar-refractivity contribution in [2.45, 2.75) is 0 Å². The van der Waals surface area contributed by atoms with E-state index in [0.717, 1.165) is 4.79 Å². The third-order valence-electron chi connectivity index (χ3n) is 4.82. The normalized spacial score (nSPS) is 10.4. The van der Waals surface area contributed by atoms with Crippen LogP contribution in [0.4, 0.5) is 9.18 Å². The maximum absolute atomic E-state index is 14.7. The van der Waals surface area contributed by atoms with Gasteiger partial charge >= 0.3 is 6.09 Å². The van der Waals surface area contributed by atoms with Gasteiger partial charge in [0.05, 0.1) is 0 Å². The molecule has 10 heteroatoms. The van der Waals surface area contributed by atoms with Crippen molar-refractivity contribution in [3.63, 3.8) is 0 Å². The first-order valence-corrected chi connectivity index (χ1v) is 10.0. The summed E-state index contributed by atoms with van der Waals surface area (Å²) in [6, 6.07) is 22.5. The Bertz CT molecular complexity index is 1360. The molecule has 9 nitrogen and oxygen atoms in total. The molecule has 0 fully saturated rings. The molecule has 3 aromatic carbocycles. The van der Waals surface area contributed by atoms with Gasteiger partial charge in [-0.3, -0.25) is 20.4 Å². The van der Waals surface area contributed by atoms with Gasteiger partial charge in [-0.25, -0.2) is 14.6 Å². The van der Waals surface area contributed by atoms with Gasteiger partial charge in [-0.05, 0) is 29.8 Å². The van der Waals surface area contributed by atoms with Gasteiger partial charge in [-0.15, -0.1) is 0 Å². The third kappa shape index (κ3) is 4.60. The summed E-state index contributed by atoms with van der Waals surface area (Å²) in [6.45, 7) is 0. The van der Waals surface area contributed by atoms with Crippen LogP contribution in [-0.4, -0.2) is 32.9 Å². The van der Waals surface area contributed by atoms with E-state index in [1.807, 2.05) is 5.43 Å². The lowest BCUT2D eigenvalue weighted by Gasteiger charge is -2.11. The Kier molecular flexibility index (Phi) is 6.31. The quantitative estimate of drug-likeness (QED) is 0.339. The van der Waals surface area contributed by atoms with Crippen LogP contribution in [0, 0.1) is 5.82 Å². The first kappa shape index (κ1) is 22.2. The first-order chi connectivity index (χ1) is 16.5. The SMILES string of the molecule is O=C(O)Nn1nc(-c2ccccc2F)c(-c2ccccc2)c1C(=O)NNC(=O)c1ccccc1. The molecule has 0 radical (unpaired) electrons. The van der Waals surface area contributed by atoms with Gasteiger partial charge in [0, 0.05) is 16.7 Å². The topological polar surface area (TPSA) is 125 Å². The minimum absolute atomic E-state index is 0.0394. The minimum Gasteiger partial charge on any atom is -0.464 e. The Morgan fingerprint density at radius 2 is 1.38 bits per heavy atom. The van der Waals surface area contributed by atoms with Crippen LogP contribution < -0.4 is 16.3 Å². The molecule has 0 atom stereocenters. The van der Waals surface area contributed by atoms with Crippen molar-refractivity contribution in [2.24, 2.45) is 0 Å². The predicted octanol–water partition coefficient (Wildman–Crippen LogP) is 3.65. The molecule has 0 aliphatic carbocycles. The molecular formula is C24H18FN5O4. The molecule has 1 aromatic heterocycles. The summed E-state index contributed by atoms with van der Waals surface area (Å²) < 4.78 is 14.7. The fraction of sp³-hybridized carbons (Fsp3) is 0. The van der Waals surface area contributed by atoms with E-state index in [4.69, 9.17) is 0 Å². The van der Waals surface area contributed by atoms with Gasteiger partial charge in [0.15, 0.2) is 5.69 Å². The van der Waals surface area contributed by atoms with Crippen molar-refractivity contribution in [2.75, 3.05) is 5.43 Å². The third-order valence-corrected chi connectivity index (χ3v) is 4.82. The van der Waals surface area contributed by atoms with E-state index in [0.29, 0.717) is 11.1 Å². The summed E-state index contributed by atoms with van der Waals surface area (Å²) in [5.74, 6) is -2.06. The molecule has 0 saturated heterocycles. The van der Waals surface area contributed by atoms with Crippen LogP contribution in [-0.2, 0) is 0 Å². The molecule has 0 spiro atoms. The fourth-order valence-electron chi connectivity index (χ4n) is 3.35. The van der Waals surface area contributed by atoms with Gasteiger partial charge < -0.3 is 5.11 Å². The molecule has 3 amide bonds. The molecule has 4 rings (SSSR count). The van der Waals surface area contributed by atoms with Gasteiger partial charge in [0.2, 0.25) is 0 Å². The molecule has 0 saturated carbocycles. The molecule has 170 valence electrons. The Labute approximate surface area is 192 Å². The molecule has 0 aliphatic heterocycles. The van der Waals surface area contributed by atoms with Crippen molar-refractivity contribution in [1.29, 1.82) is 0 Å². The molecule has 0 unspecified atom stereocenters. The van der Waals surface area contributed by atoms with Crippen molar-refractivity contribution in [3.8, 4) is 22.4 Å². The second-order valence-electron chi connectivity index (χ2n) is 7.02. The molecular weight excluding hydrogens is 441 g/mol. The summed E-state index contributed by atoms with van der Waals surface area (Å²) in [7, 11) is 0. The molecule has 4 aromatic rings. The maximum atomic E-state index is 14.7. The standard InChI is InChI=1S/C24H18FN5O4/c25-18-14-8-7-13-17(18)20-19(15-9-3-1-4-10-15)21(30(28-20)29-24(33)34)23(32)27-26-22(31)16-11-5-2-6-12-16/h1-14,29H,(H,26,31)(H,27,32)(H,33,34). The number of aromatic nitrogens is 2. The molecule has 0 bridgehead atoms.